The van der Waals surface area contributed by atoms with Crippen LogP contribution in [0, 0.1) is 0 Å². The van der Waals surface area contributed by atoms with E-state index in [0.717, 1.165) is 44.7 Å². The largest absolute Gasteiger partial charge is 0.497 e. The number of fused-ring (bicyclic) bond motifs is 2. The van der Waals surface area contributed by atoms with E-state index in [9.17, 15) is 0 Å². The number of nitrogens with zero attached hydrogens (tertiary/aromatic N) is 4. The van der Waals surface area contributed by atoms with Crippen molar-refractivity contribution in [1.82, 2.24) is 19.4 Å². The molecule has 5 rings (SSSR count). The molecule has 0 spiro atoms. The lowest BCUT2D eigenvalue weighted by atomic mass is 10.1. The van der Waals surface area contributed by atoms with Gasteiger partial charge >= 0.3 is 0 Å². The van der Waals surface area contributed by atoms with Crippen LogP contribution < -0.4 is 10.5 Å². The highest BCUT2D eigenvalue weighted by Crippen LogP contribution is 2.26. The van der Waals surface area contributed by atoms with Gasteiger partial charge < -0.3 is 14.9 Å². The van der Waals surface area contributed by atoms with Crippen molar-refractivity contribution < 1.29 is 4.74 Å². The molecule has 0 atom stereocenters. The van der Waals surface area contributed by atoms with E-state index in [1.54, 1.807) is 13.3 Å². The molecule has 3 aromatic heterocycles. The molecule has 0 aliphatic carbocycles. The molecule has 2 aromatic carbocycles. The lowest BCUT2D eigenvalue weighted by Crippen LogP contribution is -1.94. The molecule has 0 saturated heterocycles. The Bertz CT molecular complexity index is 1310. The first-order valence-corrected chi connectivity index (χ1v) is 8.85. The number of hydrogen-bond acceptors (Lipinski definition) is 5. The van der Waals surface area contributed by atoms with Crippen molar-refractivity contribution in [3.05, 3.63) is 73.2 Å². The van der Waals surface area contributed by atoms with Gasteiger partial charge in [-0.05, 0) is 59.7 Å². The van der Waals surface area contributed by atoms with E-state index in [1.807, 2.05) is 53.1 Å². The Hall–Kier alpha value is -3.93. The molecule has 2 N–H and O–H groups in total. The average Bonchev–Trinajstić information content (AvgIpc) is 3.17. The van der Waals surface area contributed by atoms with Crippen molar-refractivity contribution in [2.75, 3.05) is 12.8 Å². The van der Waals surface area contributed by atoms with Crippen LogP contribution in [0.5, 0.6) is 5.75 Å². The first-order valence-electron chi connectivity index (χ1n) is 8.85. The molecule has 0 unspecified atom stereocenters. The lowest BCUT2D eigenvalue weighted by Gasteiger charge is -2.05. The van der Waals surface area contributed by atoms with Crippen molar-refractivity contribution in [3.63, 3.8) is 0 Å². The summed E-state index contributed by atoms with van der Waals surface area (Å²) in [5.74, 6) is 1.11. The Morgan fingerprint density at radius 1 is 0.857 bits per heavy atom. The van der Waals surface area contributed by atoms with Gasteiger partial charge in [0.25, 0.3) is 0 Å². The molecular weight excluding hydrogens is 350 g/mol. The molecular formula is C22H17N5O. The van der Waals surface area contributed by atoms with Gasteiger partial charge in [-0.15, -0.1) is 0 Å². The maximum Gasteiger partial charge on any atom is 0.220 e. The number of pyridine rings is 1. The Morgan fingerprint density at radius 3 is 2.46 bits per heavy atom. The highest BCUT2D eigenvalue weighted by molar-refractivity contribution is 5.84. The maximum absolute atomic E-state index is 5.66. The number of aromatic nitrogens is 4. The molecule has 28 heavy (non-hydrogen) atoms. The highest BCUT2D eigenvalue weighted by atomic mass is 16.5. The third-order valence-corrected chi connectivity index (χ3v) is 4.77. The number of nitrogen functional groups attached to an aromatic ring is 1. The van der Waals surface area contributed by atoms with Crippen molar-refractivity contribution in [1.29, 1.82) is 0 Å². The van der Waals surface area contributed by atoms with Crippen molar-refractivity contribution in [2.45, 2.75) is 0 Å². The highest BCUT2D eigenvalue weighted by Gasteiger charge is 2.07. The van der Waals surface area contributed by atoms with Gasteiger partial charge in [-0.3, -0.25) is 0 Å². The van der Waals surface area contributed by atoms with Crippen LogP contribution in [0.15, 0.2) is 73.2 Å². The van der Waals surface area contributed by atoms with E-state index in [0.29, 0.717) is 0 Å². The van der Waals surface area contributed by atoms with Crippen LogP contribution in [-0.4, -0.2) is 26.5 Å². The van der Waals surface area contributed by atoms with Gasteiger partial charge in [0.1, 0.15) is 11.4 Å². The monoisotopic (exact) mass is 367 g/mol. The molecule has 0 bridgehead atoms. The summed E-state index contributed by atoms with van der Waals surface area (Å²) in [6.07, 6.45) is 5.86. The summed E-state index contributed by atoms with van der Waals surface area (Å²) in [6.45, 7) is 0. The summed E-state index contributed by atoms with van der Waals surface area (Å²) in [6, 6.07) is 18.1. The second-order valence-corrected chi connectivity index (χ2v) is 6.54. The summed E-state index contributed by atoms with van der Waals surface area (Å²) >= 11 is 0. The number of anilines is 1. The maximum atomic E-state index is 5.66. The Balaban J connectivity index is 1.55. The van der Waals surface area contributed by atoms with Crippen molar-refractivity contribution in [2.24, 2.45) is 0 Å². The van der Waals surface area contributed by atoms with Crippen molar-refractivity contribution >= 4 is 22.5 Å². The number of hydrogen-bond donors (Lipinski definition) is 1. The van der Waals surface area contributed by atoms with Gasteiger partial charge in [-0.25, -0.2) is 15.0 Å². The SMILES string of the molecule is COc1ccc(-c2cn3cc(-c4ccc5nc(N)ncc5c4)ccc3n2)cc1. The van der Waals surface area contributed by atoms with E-state index < -0.39 is 0 Å². The molecule has 136 valence electrons. The van der Waals surface area contributed by atoms with Gasteiger partial charge in [0, 0.05) is 29.5 Å². The number of rotatable bonds is 3. The average molecular weight is 367 g/mol. The van der Waals surface area contributed by atoms with Gasteiger partial charge in [-0.1, -0.05) is 6.07 Å². The fourth-order valence-electron chi connectivity index (χ4n) is 3.29. The molecule has 0 saturated carbocycles. The molecule has 6 heteroatoms. The lowest BCUT2D eigenvalue weighted by molar-refractivity contribution is 0.415. The summed E-state index contributed by atoms with van der Waals surface area (Å²) in [7, 11) is 1.66. The molecule has 3 heterocycles. The molecule has 5 aromatic rings. The van der Waals surface area contributed by atoms with Crippen LogP contribution in [0.25, 0.3) is 38.9 Å². The Morgan fingerprint density at radius 2 is 1.64 bits per heavy atom. The van der Waals surface area contributed by atoms with Crippen LogP contribution in [0.4, 0.5) is 5.95 Å². The van der Waals surface area contributed by atoms with Crippen LogP contribution in [0.3, 0.4) is 0 Å². The predicted octanol–water partition coefficient (Wildman–Crippen LogP) is 4.20. The second-order valence-electron chi connectivity index (χ2n) is 6.54. The minimum Gasteiger partial charge on any atom is -0.497 e. The molecule has 6 nitrogen and oxygen atoms in total. The van der Waals surface area contributed by atoms with Crippen LogP contribution in [0.2, 0.25) is 0 Å². The molecule has 0 fully saturated rings. The summed E-state index contributed by atoms with van der Waals surface area (Å²) in [5.41, 5.74) is 11.5. The number of ether oxygens (including phenoxy) is 1. The number of methoxy groups -OCH3 is 1. The van der Waals surface area contributed by atoms with Gasteiger partial charge in [0.2, 0.25) is 5.95 Å². The van der Waals surface area contributed by atoms with Gasteiger partial charge in [0.15, 0.2) is 0 Å². The quantitative estimate of drug-likeness (QED) is 0.517. The Labute approximate surface area is 161 Å². The number of nitrogens with two attached hydrogens (primary N) is 1. The summed E-state index contributed by atoms with van der Waals surface area (Å²) in [4.78, 5) is 13.1. The van der Waals surface area contributed by atoms with E-state index in [-0.39, 0.29) is 5.95 Å². The van der Waals surface area contributed by atoms with Crippen LogP contribution in [-0.2, 0) is 0 Å². The van der Waals surface area contributed by atoms with E-state index in [2.05, 4.69) is 28.3 Å². The van der Waals surface area contributed by atoms with Crippen LogP contribution >= 0.6 is 0 Å². The predicted molar refractivity (Wildman–Crippen MR) is 110 cm³/mol. The third-order valence-electron chi connectivity index (χ3n) is 4.77. The third kappa shape index (κ3) is 2.81. The molecule has 0 aliphatic rings. The number of benzene rings is 2. The first kappa shape index (κ1) is 16.3. The minimum atomic E-state index is 0.283. The molecule has 0 aliphatic heterocycles. The summed E-state index contributed by atoms with van der Waals surface area (Å²) in [5, 5.41) is 0.955. The zero-order valence-corrected chi connectivity index (χ0v) is 15.2. The summed E-state index contributed by atoms with van der Waals surface area (Å²) < 4.78 is 7.26. The topological polar surface area (TPSA) is 78.3 Å². The first-order chi connectivity index (χ1) is 13.7. The van der Waals surface area contributed by atoms with E-state index in [4.69, 9.17) is 15.5 Å². The smallest absolute Gasteiger partial charge is 0.220 e. The zero-order chi connectivity index (χ0) is 19.1. The van der Waals surface area contributed by atoms with E-state index >= 15 is 0 Å². The second kappa shape index (κ2) is 6.35. The normalized spacial score (nSPS) is 11.2. The van der Waals surface area contributed by atoms with Gasteiger partial charge in [-0.2, -0.15) is 0 Å². The number of imidazole rings is 1. The minimum absolute atomic E-state index is 0.283. The zero-order valence-electron chi connectivity index (χ0n) is 15.2. The Kier molecular flexibility index (Phi) is 3.69. The fourth-order valence-corrected chi connectivity index (χ4v) is 3.29. The fraction of sp³-hybridized carbons (Fsp3) is 0.0455. The van der Waals surface area contributed by atoms with Crippen molar-refractivity contribution in [3.8, 4) is 28.1 Å². The van der Waals surface area contributed by atoms with Gasteiger partial charge in [0.05, 0.1) is 18.3 Å². The molecule has 0 radical (unpaired) electrons. The molecule has 0 amide bonds. The van der Waals surface area contributed by atoms with E-state index in [1.165, 1.54) is 0 Å². The van der Waals surface area contributed by atoms with Crippen LogP contribution in [0.1, 0.15) is 0 Å². The standard InChI is InChI=1S/C22H17N5O/c1-28-18-6-2-14(3-7-18)20-13-27-12-16(5-9-21(27)25-20)15-4-8-19-17(10-15)11-24-22(23)26-19/h2-13H,1H3,(H2,23,24,26).